The van der Waals surface area contributed by atoms with Gasteiger partial charge in [-0.2, -0.15) is 0 Å². The van der Waals surface area contributed by atoms with Crippen molar-refractivity contribution in [2.45, 2.75) is 24.9 Å². The third kappa shape index (κ3) is 3.50. The third-order valence-corrected chi connectivity index (χ3v) is 7.23. The second-order valence-corrected chi connectivity index (χ2v) is 9.21. The Balaban J connectivity index is 1.46. The Kier molecular flexibility index (Phi) is 5.00. The predicted octanol–water partition coefficient (Wildman–Crippen LogP) is 2.95. The van der Waals surface area contributed by atoms with E-state index in [1.165, 1.54) is 10.5 Å². The van der Waals surface area contributed by atoms with Crippen molar-refractivity contribution in [1.82, 2.24) is 14.9 Å². The first kappa shape index (κ1) is 20.1. The van der Waals surface area contributed by atoms with Crippen LogP contribution in [0.4, 0.5) is 11.6 Å². The van der Waals surface area contributed by atoms with Crippen LogP contribution in [0.1, 0.15) is 34.3 Å². The van der Waals surface area contributed by atoms with Gasteiger partial charge in [0.1, 0.15) is 0 Å². The number of benzene rings is 1. The number of fused-ring (bicyclic) bond motifs is 2. The quantitative estimate of drug-likeness (QED) is 0.618. The number of thiophene rings is 1. The lowest BCUT2D eigenvalue weighted by Gasteiger charge is -2.19. The van der Waals surface area contributed by atoms with Gasteiger partial charge >= 0.3 is 0 Å². The fourth-order valence-electron chi connectivity index (χ4n) is 4.24. The van der Waals surface area contributed by atoms with Gasteiger partial charge in [0, 0.05) is 59.6 Å². The molecule has 1 spiro atoms. The van der Waals surface area contributed by atoms with Gasteiger partial charge in [0.15, 0.2) is 0 Å². The lowest BCUT2D eigenvalue weighted by atomic mass is 9.97. The number of amides is 1. The summed E-state index contributed by atoms with van der Waals surface area (Å²) in [5.74, 6) is 0.517. The van der Waals surface area contributed by atoms with Crippen molar-refractivity contribution < 1.29 is 15.0 Å². The molecule has 3 heterocycles. The molecule has 2 aliphatic rings. The molecular weight excluding hydrogens is 412 g/mol. The Labute approximate surface area is 184 Å². The predicted molar refractivity (Wildman–Crippen MR) is 120 cm³/mol. The number of likely N-dealkylation sites (N-methyl/N-ethyl adjacent to an activating group) is 1. The summed E-state index contributed by atoms with van der Waals surface area (Å²) in [6.45, 7) is 1.08. The minimum absolute atomic E-state index is 0.0244. The lowest BCUT2D eigenvalue weighted by Crippen LogP contribution is -2.29. The Morgan fingerprint density at radius 1 is 1.23 bits per heavy atom. The molecule has 31 heavy (non-hydrogen) atoms. The van der Waals surface area contributed by atoms with E-state index in [0.29, 0.717) is 18.1 Å². The number of nitrogens with zero attached hydrogens (tertiary/aromatic N) is 4. The zero-order chi connectivity index (χ0) is 21.6. The normalized spacial score (nSPS) is 15.9. The van der Waals surface area contributed by atoms with E-state index in [-0.39, 0.29) is 24.5 Å². The molecule has 7 nitrogen and oxygen atoms in total. The van der Waals surface area contributed by atoms with Gasteiger partial charge in [0.05, 0.1) is 13.2 Å². The molecular formula is C23H24N4O3S. The van der Waals surface area contributed by atoms with Gasteiger partial charge in [-0.1, -0.05) is 6.07 Å². The van der Waals surface area contributed by atoms with Crippen molar-refractivity contribution >= 4 is 28.9 Å². The summed E-state index contributed by atoms with van der Waals surface area (Å²) in [5.41, 5.74) is 4.79. The molecule has 2 N–H and O–H groups in total. The second-order valence-electron chi connectivity index (χ2n) is 8.30. The molecule has 1 aliphatic carbocycles. The first-order valence-corrected chi connectivity index (χ1v) is 11.2. The van der Waals surface area contributed by atoms with E-state index in [1.54, 1.807) is 18.4 Å². The average Bonchev–Trinajstić information content (AvgIpc) is 3.28. The highest BCUT2D eigenvalue weighted by molar-refractivity contribution is 7.13. The zero-order valence-corrected chi connectivity index (χ0v) is 18.1. The minimum atomic E-state index is -0.109. The molecule has 1 aromatic carbocycles. The molecule has 1 saturated carbocycles. The molecule has 5 rings (SSSR count). The average molecular weight is 437 g/mol. The van der Waals surface area contributed by atoms with E-state index in [9.17, 15) is 9.90 Å². The Morgan fingerprint density at radius 3 is 2.65 bits per heavy atom. The van der Waals surface area contributed by atoms with Crippen LogP contribution in [0.5, 0.6) is 0 Å². The first-order chi connectivity index (χ1) is 15.0. The number of aliphatic hydroxyl groups is 2. The van der Waals surface area contributed by atoms with Crippen molar-refractivity contribution in [3.63, 3.8) is 0 Å². The minimum Gasteiger partial charge on any atom is -0.395 e. The smallest absolute Gasteiger partial charge is 0.253 e. The Morgan fingerprint density at radius 2 is 2.00 bits per heavy atom. The fourth-order valence-corrected chi connectivity index (χ4v) is 5.12. The van der Waals surface area contributed by atoms with E-state index in [2.05, 4.69) is 20.9 Å². The maximum absolute atomic E-state index is 12.7. The summed E-state index contributed by atoms with van der Waals surface area (Å²) in [6.07, 6.45) is 5.89. The van der Waals surface area contributed by atoms with Crippen molar-refractivity contribution in [3.8, 4) is 10.4 Å². The molecule has 1 amide bonds. The lowest BCUT2D eigenvalue weighted by molar-refractivity contribution is 0.0767. The highest BCUT2D eigenvalue weighted by Gasteiger charge is 2.52. The van der Waals surface area contributed by atoms with Crippen LogP contribution in [-0.2, 0) is 12.0 Å². The Bertz CT molecular complexity index is 1120. The summed E-state index contributed by atoms with van der Waals surface area (Å²) in [7, 11) is 1.69. The van der Waals surface area contributed by atoms with Crippen LogP contribution < -0.4 is 4.90 Å². The van der Waals surface area contributed by atoms with Gasteiger partial charge in [0.25, 0.3) is 5.91 Å². The monoisotopic (exact) mass is 436 g/mol. The first-order valence-electron chi connectivity index (χ1n) is 10.3. The van der Waals surface area contributed by atoms with Gasteiger partial charge < -0.3 is 20.0 Å². The van der Waals surface area contributed by atoms with Crippen molar-refractivity contribution in [2.75, 3.05) is 31.6 Å². The van der Waals surface area contributed by atoms with E-state index >= 15 is 0 Å². The van der Waals surface area contributed by atoms with E-state index in [0.717, 1.165) is 41.1 Å². The summed E-state index contributed by atoms with van der Waals surface area (Å²) in [4.78, 5) is 26.7. The number of anilines is 2. The van der Waals surface area contributed by atoms with E-state index < -0.39 is 0 Å². The van der Waals surface area contributed by atoms with Crippen LogP contribution in [-0.4, -0.2) is 57.7 Å². The summed E-state index contributed by atoms with van der Waals surface area (Å²) in [5, 5.41) is 20.4. The largest absolute Gasteiger partial charge is 0.395 e. The van der Waals surface area contributed by atoms with E-state index in [4.69, 9.17) is 5.11 Å². The number of hydrogen-bond donors (Lipinski definition) is 2. The summed E-state index contributed by atoms with van der Waals surface area (Å²) >= 11 is 1.56. The SMILES string of the molecule is CN(CCO)C(=O)c1ccc2c(c1)N(c1ncc(-c3cc(CO)cs3)cn1)CC21CC1. The molecule has 0 radical (unpaired) electrons. The molecule has 1 fully saturated rings. The number of carbonyl (C=O) groups is 1. The van der Waals surface area contributed by atoms with Crippen LogP contribution in [0.3, 0.4) is 0 Å². The summed E-state index contributed by atoms with van der Waals surface area (Å²) in [6, 6.07) is 7.84. The van der Waals surface area contributed by atoms with Gasteiger partial charge in [0.2, 0.25) is 5.95 Å². The maximum atomic E-state index is 12.7. The topological polar surface area (TPSA) is 89.8 Å². The molecule has 1 aliphatic heterocycles. The fraction of sp³-hybridized carbons (Fsp3) is 0.348. The zero-order valence-electron chi connectivity index (χ0n) is 17.3. The maximum Gasteiger partial charge on any atom is 0.253 e. The molecule has 0 unspecified atom stereocenters. The molecule has 0 bridgehead atoms. The molecule has 8 heteroatoms. The molecule has 0 saturated heterocycles. The van der Waals surface area contributed by atoms with Gasteiger partial charge in [-0.15, -0.1) is 11.3 Å². The van der Waals surface area contributed by atoms with Crippen LogP contribution >= 0.6 is 11.3 Å². The molecule has 160 valence electrons. The highest BCUT2D eigenvalue weighted by atomic mass is 32.1. The second kappa shape index (κ2) is 7.71. The van der Waals surface area contributed by atoms with Crippen LogP contribution in [0.25, 0.3) is 10.4 Å². The number of aromatic nitrogens is 2. The summed E-state index contributed by atoms with van der Waals surface area (Å²) < 4.78 is 0. The highest BCUT2D eigenvalue weighted by Crippen LogP contribution is 2.57. The van der Waals surface area contributed by atoms with Crippen molar-refractivity contribution in [3.05, 3.63) is 58.7 Å². The number of aliphatic hydroxyl groups excluding tert-OH is 2. The third-order valence-electron chi connectivity index (χ3n) is 6.20. The van der Waals surface area contributed by atoms with Crippen molar-refractivity contribution in [1.29, 1.82) is 0 Å². The van der Waals surface area contributed by atoms with Crippen LogP contribution in [0.2, 0.25) is 0 Å². The molecule has 2 aromatic heterocycles. The number of carbonyl (C=O) groups excluding carboxylic acids is 1. The number of hydrogen-bond acceptors (Lipinski definition) is 7. The molecule has 3 aromatic rings. The van der Waals surface area contributed by atoms with Crippen LogP contribution in [0.15, 0.2) is 42.0 Å². The molecule has 0 atom stereocenters. The number of rotatable bonds is 6. The Hall–Kier alpha value is -2.81. The standard InChI is InChI=1S/C23H24N4O3S/c1-26(6-7-28)21(30)16-2-3-18-19(9-16)27(14-23(18)4-5-23)22-24-10-17(11-25-22)20-8-15(12-29)13-31-20/h2-3,8-11,13,28-29H,4-7,12,14H2,1H3. The van der Waals surface area contributed by atoms with Gasteiger partial charge in [-0.25, -0.2) is 9.97 Å². The van der Waals surface area contributed by atoms with Crippen LogP contribution in [0, 0.1) is 0 Å². The van der Waals surface area contributed by atoms with Gasteiger partial charge in [-0.3, -0.25) is 4.79 Å². The van der Waals surface area contributed by atoms with Crippen molar-refractivity contribution in [2.24, 2.45) is 0 Å². The van der Waals surface area contributed by atoms with E-state index in [1.807, 2.05) is 36.0 Å². The van der Waals surface area contributed by atoms with Gasteiger partial charge in [-0.05, 0) is 47.5 Å².